The number of nitrogens with zero attached hydrogens (tertiary/aromatic N) is 5. The summed E-state index contributed by atoms with van der Waals surface area (Å²) in [6.45, 7) is 6.33. The fraction of sp³-hybridized carbons (Fsp3) is 0.571. The number of alkyl carbamates (subject to hydrolysis) is 1. The maximum Gasteiger partial charge on any atom is 0.408 e. The van der Waals surface area contributed by atoms with Crippen molar-refractivity contribution >= 4 is 40.8 Å². The van der Waals surface area contributed by atoms with Gasteiger partial charge < -0.3 is 50.6 Å². The van der Waals surface area contributed by atoms with Gasteiger partial charge in [-0.1, -0.05) is 12.1 Å². The number of aliphatic hydroxyl groups excluding tert-OH is 2. The monoisotopic (exact) mass is 741 g/mol. The van der Waals surface area contributed by atoms with Crippen LogP contribution in [0.25, 0.3) is 11.2 Å². The van der Waals surface area contributed by atoms with Gasteiger partial charge in [0.25, 0.3) is 0 Å². The number of hydrogen-bond acceptors (Lipinski definition) is 13. The number of unbranched alkanes of at least 4 members (excludes halogenated alkanes) is 1. The van der Waals surface area contributed by atoms with Gasteiger partial charge in [-0.3, -0.25) is 19.0 Å². The van der Waals surface area contributed by atoms with E-state index >= 15 is 0 Å². The second-order valence-corrected chi connectivity index (χ2v) is 14.0. The van der Waals surface area contributed by atoms with E-state index in [-0.39, 0.29) is 18.7 Å². The molecule has 0 aliphatic carbocycles. The molecule has 2 aromatic heterocycles. The molecule has 0 saturated carbocycles. The van der Waals surface area contributed by atoms with Gasteiger partial charge in [0, 0.05) is 34.0 Å². The normalized spacial score (nSPS) is 19.6. The number of ether oxygens (including phenoxy) is 3. The van der Waals surface area contributed by atoms with Crippen molar-refractivity contribution in [2.75, 3.05) is 39.3 Å². The summed E-state index contributed by atoms with van der Waals surface area (Å²) in [6, 6.07) is 3.53. The number of imidazole rings is 1. The van der Waals surface area contributed by atoms with Gasteiger partial charge in [-0.05, 0) is 57.7 Å². The fourth-order valence-electron chi connectivity index (χ4n) is 5.86. The molecule has 4 amide bonds. The predicted molar refractivity (Wildman–Crippen MR) is 193 cm³/mol. The van der Waals surface area contributed by atoms with Crippen LogP contribution in [0.4, 0.5) is 10.6 Å². The molecule has 6 N–H and O–H groups in total. The lowest BCUT2D eigenvalue weighted by atomic mass is 10.0. The molecule has 18 heteroatoms. The third kappa shape index (κ3) is 11.0. The molecule has 6 atom stereocenters. The number of anilines is 1. The maximum absolute atomic E-state index is 14.1. The van der Waals surface area contributed by atoms with Crippen molar-refractivity contribution in [3.63, 3.8) is 0 Å². The van der Waals surface area contributed by atoms with Crippen molar-refractivity contribution in [1.29, 1.82) is 0 Å². The number of fused-ring (bicyclic) bond motifs is 1. The lowest BCUT2D eigenvalue weighted by Crippen LogP contribution is -2.58. The molecule has 1 saturated heterocycles. The number of rotatable bonds is 16. The molecule has 53 heavy (non-hydrogen) atoms. The molecule has 1 fully saturated rings. The highest BCUT2D eigenvalue weighted by molar-refractivity contribution is 5.91. The highest BCUT2D eigenvalue weighted by Gasteiger charge is 2.46. The van der Waals surface area contributed by atoms with Crippen LogP contribution in [0.2, 0.25) is 0 Å². The molecule has 290 valence electrons. The minimum atomic E-state index is -1.37. The van der Waals surface area contributed by atoms with Gasteiger partial charge in [-0.15, -0.1) is 0 Å². The zero-order valence-corrected chi connectivity index (χ0v) is 31.2. The number of aliphatic hydroxyl groups is 2. The van der Waals surface area contributed by atoms with Crippen LogP contribution in [0.15, 0.2) is 36.9 Å². The average molecular weight is 742 g/mol. The van der Waals surface area contributed by atoms with Gasteiger partial charge in [0.05, 0.1) is 26.1 Å². The fourth-order valence-corrected chi connectivity index (χ4v) is 5.86. The molecule has 0 bridgehead atoms. The summed E-state index contributed by atoms with van der Waals surface area (Å²) < 4.78 is 18.2. The van der Waals surface area contributed by atoms with E-state index in [1.807, 2.05) is 0 Å². The van der Waals surface area contributed by atoms with Crippen molar-refractivity contribution in [3.8, 4) is 5.75 Å². The predicted octanol–water partition coefficient (Wildman–Crippen LogP) is 0.564. The van der Waals surface area contributed by atoms with E-state index < -0.39 is 66.7 Å². The van der Waals surface area contributed by atoms with E-state index in [0.29, 0.717) is 47.7 Å². The second kappa shape index (κ2) is 18.1. The Bertz CT molecular complexity index is 1710. The lowest BCUT2D eigenvalue weighted by Gasteiger charge is -2.27. The summed E-state index contributed by atoms with van der Waals surface area (Å²) in [4.78, 5) is 66.8. The van der Waals surface area contributed by atoms with E-state index in [9.17, 15) is 29.4 Å². The number of aromatic nitrogens is 4. The average Bonchev–Trinajstić information content (AvgIpc) is 3.66. The summed E-state index contributed by atoms with van der Waals surface area (Å²) in [7, 11) is 5.14. The maximum atomic E-state index is 14.1. The quantitative estimate of drug-likeness (QED) is 0.110. The van der Waals surface area contributed by atoms with Gasteiger partial charge in [0.15, 0.2) is 23.2 Å². The molecular formula is C35H51N9O9. The summed E-state index contributed by atoms with van der Waals surface area (Å²) in [5.74, 6) is -0.357. The van der Waals surface area contributed by atoms with Gasteiger partial charge in [-0.2, -0.15) is 0 Å². The summed E-state index contributed by atoms with van der Waals surface area (Å²) >= 11 is 0. The molecule has 0 radical (unpaired) electrons. The Kier molecular flexibility index (Phi) is 13.9. The standard InChI is InChI=1S/C35H51N9O9/c1-20(46)36-15-9-8-10-23(41-34(50)53-35(2,3)4)31(48)40-24(16-21-11-13-22(51-7)14-12-21)32(49)42-26-25(17-45)52-33(28(26)47)44-19-39-27-29(43(5)6)37-18-38-30(27)44/h11-14,18-19,23-26,28,33,45,47H,8-10,15-17H2,1-7H3,(H,36,46)(H,40,48)(H,41,50)(H,42,49)/t23-,24-,25+,26+,28+,33+/m0/s1. The first-order valence-electron chi connectivity index (χ1n) is 17.4. The van der Waals surface area contributed by atoms with E-state index in [4.69, 9.17) is 14.2 Å². The van der Waals surface area contributed by atoms with Crippen molar-refractivity contribution < 1.29 is 43.6 Å². The number of carbonyl (C=O) groups is 4. The molecular weight excluding hydrogens is 690 g/mol. The Labute approximate surface area is 308 Å². The highest BCUT2D eigenvalue weighted by Crippen LogP contribution is 2.32. The van der Waals surface area contributed by atoms with Crippen LogP contribution in [0.1, 0.15) is 58.7 Å². The summed E-state index contributed by atoms with van der Waals surface area (Å²) in [5, 5.41) is 32.7. The minimum absolute atomic E-state index is 0.0243. The van der Waals surface area contributed by atoms with Gasteiger partial charge in [0.2, 0.25) is 17.7 Å². The topological polar surface area (TPSA) is 231 Å². The van der Waals surface area contributed by atoms with E-state index in [2.05, 4.69) is 36.2 Å². The number of carbonyl (C=O) groups excluding carboxylic acids is 4. The Morgan fingerprint density at radius 1 is 1.02 bits per heavy atom. The van der Waals surface area contributed by atoms with Crippen LogP contribution in [0.5, 0.6) is 5.75 Å². The minimum Gasteiger partial charge on any atom is -0.497 e. The zero-order valence-electron chi connectivity index (χ0n) is 31.2. The number of nitrogens with one attached hydrogen (secondary N) is 4. The van der Waals surface area contributed by atoms with Gasteiger partial charge in [0.1, 0.15) is 42.0 Å². The number of hydrogen-bond donors (Lipinski definition) is 6. The molecule has 1 aliphatic heterocycles. The molecule has 0 spiro atoms. The molecule has 3 heterocycles. The first kappa shape index (κ1) is 40.7. The van der Waals surface area contributed by atoms with Crippen LogP contribution in [0.3, 0.4) is 0 Å². The molecule has 18 nitrogen and oxygen atoms in total. The smallest absolute Gasteiger partial charge is 0.408 e. The first-order valence-corrected chi connectivity index (χ1v) is 17.4. The molecule has 1 aliphatic rings. The Morgan fingerprint density at radius 2 is 1.74 bits per heavy atom. The zero-order chi connectivity index (χ0) is 38.9. The van der Waals surface area contributed by atoms with E-state index in [1.54, 1.807) is 64.0 Å². The van der Waals surface area contributed by atoms with E-state index in [1.165, 1.54) is 31.3 Å². The molecule has 4 rings (SSSR count). The molecule has 0 unspecified atom stereocenters. The van der Waals surface area contributed by atoms with Crippen LogP contribution < -0.4 is 30.9 Å². The highest BCUT2D eigenvalue weighted by atomic mass is 16.6. The van der Waals surface area contributed by atoms with Gasteiger partial charge in [-0.25, -0.2) is 19.7 Å². The van der Waals surface area contributed by atoms with E-state index in [0.717, 1.165) is 0 Å². The number of amides is 4. The Hall–Kier alpha value is -5.07. The molecule has 1 aromatic carbocycles. The first-order chi connectivity index (χ1) is 25.1. The van der Waals surface area contributed by atoms with Crippen LogP contribution >= 0.6 is 0 Å². The van der Waals surface area contributed by atoms with Crippen LogP contribution in [-0.2, 0) is 30.3 Å². The summed E-state index contributed by atoms with van der Waals surface area (Å²) in [6.07, 6.45) is -0.288. The van der Waals surface area contributed by atoms with Crippen LogP contribution in [-0.4, -0.2) is 124 Å². The largest absolute Gasteiger partial charge is 0.497 e. The third-order valence-corrected chi connectivity index (χ3v) is 8.43. The van der Waals surface area contributed by atoms with Crippen molar-refractivity contribution in [1.82, 2.24) is 40.8 Å². The van der Waals surface area contributed by atoms with Crippen molar-refractivity contribution in [2.45, 2.75) is 95.5 Å². The van der Waals surface area contributed by atoms with Crippen molar-refractivity contribution in [3.05, 3.63) is 42.5 Å². The molecule has 3 aromatic rings. The Balaban J connectivity index is 1.57. The van der Waals surface area contributed by atoms with Crippen molar-refractivity contribution in [2.24, 2.45) is 0 Å². The Morgan fingerprint density at radius 3 is 2.36 bits per heavy atom. The lowest BCUT2D eigenvalue weighted by molar-refractivity contribution is -0.131. The number of benzene rings is 1. The SMILES string of the molecule is COc1ccc(C[C@H](NC(=O)[C@H](CCCCNC(C)=O)NC(=O)OC(C)(C)C)C(=O)N[C@H]2[C@@H](O)[C@H](n3cnc4c(N(C)C)ncnc43)O[C@@H]2CO)cc1. The second-order valence-electron chi connectivity index (χ2n) is 14.0. The van der Waals surface area contributed by atoms with Gasteiger partial charge >= 0.3 is 6.09 Å². The third-order valence-electron chi connectivity index (χ3n) is 8.43. The summed E-state index contributed by atoms with van der Waals surface area (Å²) in [5.41, 5.74) is 0.692. The number of methoxy groups -OCH3 is 1. The van der Waals surface area contributed by atoms with Crippen LogP contribution in [0, 0.1) is 0 Å².